The molecule has 13 heteroatoms. The molecule has 26 heavy (non-hydrogen) atoms. The Bertz CT molecular complexity index is 820. The summed E-state index contributed by atoms with van der Waals surface area (Å²) in [6.45, 7) is 0. The summed E-state index contributed by atoms with van der Waals surface area (Å²) in [4.78, 5) is 8.67. The maximum atomic E-state index is 13.8. The molecule has 0 spiro atoms. The molecule has 139 valence electrons. The van der Waals surface area contributed by atoms with E-state index in [4.69, 9.17) is 0 Å². The molecule has 2 rings (SSSR count). The van der Waals surface area contributed by atoms with E-state index in [-0.39, 0.29) is 0 Å². The number of amides is 1. The molecule has 0 N–H and O–H groups in total. The first-order valence-corrected chi connectivity index (χ1v) is 6.83. The quantitative estimate of drug-likeness (QED) is 0.283. The van der Waals surface area contributed by atoms with Crippen LogP contribution in [0.2, 0.25) is 0 Å². The van der Waals surface area contributed by atoms with Gasteiger partial charge >= 0.3 is 144 Å². The molecule has 1 radical (unpaired) electrons. The summed E-state index contributed by atoms with van der Waals surface area (Å²) in [7, 11) is 0. The van der Waals surface area contributed by atoms with E-state index in [2.05, 4.69) is 0 Å². The zero-order chi connectivity index (χ0) is 20.1. The molecule has 0 heterocycles. The minimum absolute atomic E-state index is 0.896. The van der Waals surface area contributed by atoms with E-state index in [1.54, 1.807) is 0 Å². The molecule has 0 saturated heterocycles. The van der Waals surface area contributed by atoms with E-state index >= 15 is 0 Å². The van der Waals surface area contributed by atoms with E-state index in [9.17, 15) is 48.7 Å². The van der Waals surface area contributed by atoms with Gasteiger partial charge in [0.2, 0.25) is 0 Å². The standard InChI is InChI=1S/C13F10NOSe/c14-1-3(16)7(20)11(8(21)4(1)17)24(13(25)26)12-9(22)5(18)2(15)6(19)10(12)23. The molecular formula is C13F10NOSe. The Balaban J connectivity index is 2.99. The van der Waals surface area contributed by atoms with Gasteiger partial charge in [-0.25, -0.2) is 0 Å². The fraction of sp³-hybridized carbons (Fsp3) is 0. The molecule has 0 aromatic heterocycles. The van der Waals surface area contributed by atoms with Gasteiger partial charge in [-0.1, -0.05) is 0 Å². The fourth-order valence-corrected chi connectivity index (χ4v) is 2.26. The SMILES string of the molecule is O=C([Se])N(c1c(F)c(F)c(F)c(F)c1F)c1c(F)c(F)c(F)c(F)c1F. The van der Waals surface area contributed by atoms with E-state index in [1.807, 2.05) is 0 Å². The molecule has 0 bridgehead atoms. The number of hydrogen-bond acceptors (Lipinski definition) is 1. The Kier molecular flexibility index (Phi) is 5.24. The Morgan fingerprint density at radius 1 is 0.500 bits per heavy atom. The molecule has 0 aliphatic carbocycles. The van der Waals surface area contributed by atoms with Crippen molar-refractivity contribution in [1.82, 2.24) is 0 Å². The normalized spacial score (nSPS) is 11.0. The Morgan fingerprint density at radius 2 is 0.692 bits per heavy atom. The van der Waals surface area contributed by atoms with Crippen molar-refractivity contribution < 1.29 is 48.7 Å². The predicted octanol–water partition coefficient (Wildman–Crippen LogP) is 4.50. The Labute approximate surface area is 144 Å². The summed E-state index contributed by atoms with van der Waals surface area (Å²) < 4.78 is 134. The van der Waals surface area contributed by atoms with Crippen LogP contribution in [0.4, 0.5) is 60.1 Å². The summed E-state index contributed by atoms with van der Waals surface area (Å²) in [6.07, 6.45) is 0. The van der Waals surface area contributed by atoms with E-state index in [0.29, 0.717) is 0 Å². The fourth-order valence-electron chi connectivity index (χ4n) is 1.87. The van der Waals surface area contributed by atoms with Crippen LogP contribution in [-0.2, 0) is 0 Å². The first-order chi connectivity index (χ1) is 11.9. The number of benzene rings is 2. The molecule has 0 aliphatic heterocycles. The third-order valence-electron chi connectivity index (χ3n) is 3.00. The van der Waals surface area contributed by atoms with Crippen molar-refractivity contribution in [3.05, 3.63) is 58.2 Å². The average molecular weight is 455 g/mol. The van der Waals surface area contributed by atoms with E-state index < -0.39 is 79.3 Å². The van der Waals surface area contributed by atoms with Crippen LogP contribution in [0.3, 0.4) is 0 Å². The van der Waals surface area contributed by atoms with Crippen molar-refractivity contribution in [2.45, 2.75) is 0 Å². The summed E-state index contributed by atoms with van der Waals surface area (Å²) in [6, 6.07) is 0. The van der Waals surface area contributed by atoms with Crippen molar-refractivity contribution in [3.8, 4) is 0 Å². The number of halogens is 10. The second-order valence-corrected chi connectivity index (χ2v) is 5.17. The Hall–Kier alpha value is -2.27. The van der Waals surface area contributed by atoms with Gasteiger partial charge in [-0.05, 0) is 0 Å². The van der Waals surface area contributed by atoms with Crippen molar-refractivity contribution >= 4 is 32.2 Å². The van der Waals surface area contributed by atoms with Gasteiger partial charge in [0.25, 0.3) is 0 Å². The second kappa shape index (κ2) is 6.80. The van der Waals surface area contributed by atoms with Gasteiger partial charge in [0.1, 0.15) is 0 Å². The zero-order valence-corrected chi connectivity index (χ0v) is 13.3. The summed E-state index contributed by atoms with van der Waals surface area (Å²) in [5.74, 6) is -26.8. The number of rotatable bonds is 2. The minimum atomic E-state index is -2.70. The number of carbonyl (C=O) groups is 1. The molecular weight excluding hydrogens is 455 g/mol. The molecule has 2 aromatic carbocycles. The number of hydrogen-bond donors (Lipinski definition) is 0. The van der Waals surface area contributed by atoms with Gasteiger partial charge in [0.05, 0.1) is 0 Å². The van der Waals surface area contributed by atoms with Gasteiger partial charge in [-0.15, -0.1) is 0 Å². The molecule has 0 atom stereocenters. The first-order valence-electron chi connectivity index (χ1n) is 5.97. The molecule has 0 aliphatic rings. The predicted molar refractivity (Wildman–Crippen MR) is 65.8 cm³/mol. The molecule has 0 fully saturated rings. The molecule has 2 nitrogen and oxygen atoms in total. The molecule has 0 saturated carbocycles. The zero-order valence-electron chi connectivity index (χ0n) is 11.5. The van der Waals surface area contributed by atoms with Gasteiger partial charge in [-0.3, -0.25) is 0 Å². The van der Waals surface area contributed by atoms with Crippen LogP contribution in [0.15, 0.2) is 0 Å². The van der Waals surface area contributed by atoms with Crippen LogP contribution in [-0.4, -0.2) is 20.8 Å². The molecule has 2 aromatic rings. The van der Waals surface area contributed by atoms with Crippen LogP contribution >= 0.6 is 0 Å². The van der Waals surface area contributed by atoms with E-state index in [0.717, 1.165) is 0 Å². The van der Waals surface area contributed by atoms with Crippen LogP contribution in [0, 0.1) is 58.2 Å². The van der Waals surface area contributed by atoms with Crippen molar-refractivity contribution in [3.63, 3.8) is 0 Å². The second-order valence-electron chi connectivity index (χ2n) is 4.44. The van der Waals surface area contributed by atoms with Crippen molar-refractivity contribution in [1.29, 1.82) is 0 Å². The maximum absolute atomic E-state index is 13.8. The average Bonchev–Trinajstić information content (AvgIpc) is 2.60. The topological polar surface area (TPSA) is 20.3 Å². The van der Waals surface area contributed by atoms with Crippen LogP contribution in [0.5, 0.6) is 0 Å². The Morgan fingerprint density at radius 3 is 0.885 bits per heavy atom. The van der Waals surface area contributed by atoms with Gasteiger partial charge < -0.3 is 0 Å². The van der Waals surface area contributed by atoms with Gasteiger partial charge in [0.15, 0.2) is 0 Å². The first kappa shape index (κ1) is 20.0. The van der Waals surface area contributed by atoms with Gasteiger partial charge in [-0.2, -0.15) is 0 Å². The summed E-state index contributed by atoms with van der Waals surface area (Å²) in [5, 5.41) is 0. The number of carbonyl (C=O) groups excluding carboxylic acids is 1. The van der Waals surface area contributed by atoms with Crippen LogP contribution in [0.25, 0.3) is 0 Å². The third-order valence-corrected chi connectivity index (χ3v) is 3.39. The monoisotopic (exact) mass is 456 g/mol. The van der Waals surface area contributed by atoms with Crippen molar-refractivity contribution in [2.24, 2.45) is 0 Å². The van der Waals surface area contributed by atoms with Crippen LogP contribution in [0.1, 0.15) is 0 Å². The number of nitrogens with zero attached hydrogens (tertiary/aromatic N) is 1. The van der Waals surface area contributed by atoms with Crippen molar-refractivity contribution in [2.75, 3.05) is 4.90 Å². The third kappa shape index (κ3) is 2.80. The molecule has 0 unspecified atom stereocenters. The van der Waals surface area contributed by atoms with Gasteiger partial charge in [0, 0.05) is 0 Å². The summed E-state index contributed by atoms with van der Waals surface area (Å²) in [5.41, 5.74) is -4.48. The van der Waals surface area contributed by atoms with Crippen LogP contribution < -0.4 is 4.90 Å². The summed E-state index contributed by atoms with van der Waals surface area (Å²) >= 11 is 1.40. The molecule has 1 amide bonds. The number of anilines is 2. The van der Waals surface area contributed by atoms with E-state index in [1.165, 1.54) is 16.0 Å².